The molecule has 0 fully saturated rings. The van der Waals surface area contributed by atoms with E-state index in [-0.39, 0.29) is 13.2 Å². The number of rotatable bonds is 4. The van der Waals surface area contributed by atoms with E-state index in [1.807, 2.05) is 42.5 Å². The molecule has 0 radical (unpaired) electrons. The summed E-state index contributed by atoms with van der Waals surface area (Å²) in [7, 11) is 0. The van der Waals surface area contributed by atoms with Crippen molar-refractivity contribution < 1.29 is 15.0 Å². The maximum absolute atomic E-state index is 11.7. The van der Waals surface area contributed by atoms with Crippen molar-refractivity contribution in [2.75, 3.05) is 18.5 Å². The summed E-state index contributed by atoms with van der Waals surface area (Å²) in [6.07, 6.45) is -0.946. The number of nitrogens with one attached hydrogen (secondary N) is 2. The number of anilines is 1. The molecule has 100 valence electrons. The maximum Gasteiger partial charge on any atom is 0.319 e. The molecule has 1 atom stereocenters. The zero-order valence-electron chi connectivity index (χ0n) is 10.3. The second kappa shape index (κ2) is 6.17. The fourth-order valence-corrected chi connectivity index (χ4v) is 1.78. The average Bonchev–Trinajstić information content (AvgIpc) is 2.45. The molecule has 4 N–H and O–H groups in total. The molecule has 2 aromatic carbocycles. The Morgan fingerprint density at radius 1 is 1.16 bits per heavy atom. The van der Waals surface area contributed by atoms with E-state index in [0.717, 1.165) is 10.8 Å². The molecule has 2 aromatic rings. The van der Waals surface area contributed by atoms with Gasteiger partial charge >= 0.3 is 6.03 Å². The van der Waals surface area contributed by atoms with E-state index < -0.39 is 12.1 Å². The summed E-state index contributed by atoms with van der Waals surface area (Å²) in [6, 6.07) is 13.0. The molecule has 0 aliphatic rings. The molecule has 5 nitrogen and oxygen atoms in total. The highest BCUT2D eigenvalue weighted by molar-refractivity contribution is 6.01. The zero-order chi connectivity index (χ0) is 13.7. The van der Waals surface area contributed by atoms with Gasteiger partial charge in [0.25, 0.3) is 0 Å². The van der Waals surface area contributed by atoms with Crippen molar-refractivity contribution in [2.24, 2.45) is 0 Å². The molecule has 2 amide bonds. The lowest BCUT2D eigenvalue weighted by atomic mass is 10.1. The number of hydrogen-bond acceptors (Lipinski definition) is 3. The first-order valence-corrected chi connectivity index (χ1v) is 6.02. The van der Waals surface area contributed by atoms with Crippen molar-refractivity contribution in [2.45, 2.75) is 6.10 Å². The first kappa shape index (κ1) is 13.3. The molecule has 0 aliphatic carbocycles. The average molecular weight is 260 g/mol. The van der Waals surface area contributed by atoms with Gasteiger partial charge in [0.2, 0.25) is 0 Å². The Morgan fingerprint density at radius 2 is 1.89 bits per heavy atom. The van der Waals surface area contributed by atoms with E-state index in [1.54, 1.807) is 0 Å². The molecule has 2 rings (SSSR count). The van der Waals surface area contributed by atoms with Crippen LogP contribution < -0.4 is 10.6 Å². The Labute approximate surface area is 110 Å². The highest BCUT2D eigenvalue weighted by atomic mass is 16.3. The van der Waals surface area contributed by atoms with Crippen LogP contribution in [0.25, 0.3) is 10.8 Å². The van der Waals surface area contributed by atoms with Gasteiger partial charge in [0.05, 0.1) is 18.4 Å². The van der Waals surface area contributed by atoms with Gasteiger partial charge in [-0.3, -0.25) is 0 Å². The summed E-state index contributed by atoms with van der Waals surface area (Å²) in [5.74, 6) is 0. The normalized spacial score (nSPS) is 12.1. The van der Waals surface area contributed by atoms with Crippen molar-refractivity contribution in [3.05, 3.63) is 42.5 Å². The topological polar surface area (TPSA) is 81.6 Å². The minimum Gasteiger partial charge on any atom is -0.394 e. The lowest BCUT2D eigenvalue weighted by Gasteiger charge is -2.11. The lowest BCUT2D eigenvalue weighted by Crippen LogP contribution is -2.36. The highest BCUT2D eigenvalue weighted by Gasteiger charge is 2.07. The Morgan fingerprint density at radius 3 is 2.68 bits per heavy atom. The summed E-state index contributed by atoms with van der Waals surface area (Å²) in [4.78, 5) is 11.7. The Balaban J connectivity index is 2.07. The number of aliphatic hydroxyl groups excluding tert-OH is 2. The number of fused-ring (bicyclic) bond motifs is 1. The molecule has 0 spiro atoms. The van der Waals surface area contributed by atoms with Gasteiger partial charge < -0.3 is 20.8 Å². The van der Waals surface area contributed by atoms with Crippen molar-refractivity contribution >= 4 is 22.5 Å². The SMILES string of the molecule is O=C(NC[C@H](O)CO)Nc1cccc2ccccc12. The van der Waals surface area contributed by atoms with Crippen LogP contribution in [0.1, 0.15) is 0 Å². The van der Waals surface area contributed by atoms with E-state index in [4.69, 9.17) is 10.2 Å². The molecule has 0 aromatic heterocycles. The van der Waals surface area contributed by atoms with E-state index in [1.165, 1.54) is 0 Å². The van der Waals surface area contributed by atoms with Gasteiger partial charge in [0, 0.05) is 11.9 Å². The van der Waals surface area contributed by atoms with Gasteiger partial charge in [-0.1, -0.05) is 36.4 Å². The zero-order valence-corrected chi connectivity index (χ0v) is 10.3. The number of carbonyl (C=O) groups is 1. The number of carbonyl (C=O) groups excluding carboxylic acids is 1. The molecule has 0 aliphatic heterocycles. The predicted octanol–water partition coefficient (Wildman–Crippen LogP) is 1.31. The van der Waals surface area contributed by atoms with Gasteiger partial charge in [-0.05, 0) is 11.5 Å². The summed E-state index contributed by atoms with van der Waals surface area (Å²) in [5, 5.41) is 25.0. The van der Waals surface area contributed by atoms with Crippen LogP contribution in [0.4, 0.5) is 10.5 Å². The van der Waals surface area contributed by atoms with Crippen molar-refractivity contribution in [3.63, 3.8) is 0 Å². The van der Waals surface area contributed by atoms with E-state index >= 15 is 0 Å². The molecular weight excluding hydrogens is 244 g/mol. The van der Waals surface area contributed by atoms with Crippen LogP contribution in [0.3, 0.4) is 0 Å². The van der Waals surface area contributed by atoms with Crippen molar-refractivity contribution in [3.8, 4) is 0 Å². The molecule has 5 heteroatoms. The van der Waals surface area contributed by atoms with Gasteiger partial charge in [-0.2, -0.15) is 0 Å². The summed E-state index contributed by atoms with van der Waals surface area (Å²) >= 11 is 0. The molecular formula is C14H16N2O3. The number of aliphatic hydroxyl groups is 2. The van der Waals surface area contributed by atoms with Crippen LogP contribution in [0.5, 0.6) is 0 Å². The van der Waals surface area contributed by atoms with E-state index in [0.29, 0.717) is 5.69 Å². The molecule has 0 heterocycles. The van der Waals surface area contributed by atoms with Gasteiger partial charge in [0.15, 0.2) is 0 Å². The smallest absolute Gasteiger partial charge is 0.319 e. The molecule has 0 saturated heterocycles. The third-order valence-corrected chi connectivity index (χ3v) is 2.75. The van der Waals surface area contributed by atoms with Crippen LogP contribution >= 0.6 is 0 Å². The standard InChI is InChI=1S/C14H16N2O3/c17-9-11(18)8-15-14(19)16-13-7-3-5-10-4-1-2-6-12(10)13/h1-7,11,17-18H,8-9H2,(H2,15,16,19)/t11-/m0/s1. The second-order valence-electron chi connectivity index (χ2n) is 4.20. The third kappa shape index (κ3) is 3.43. The summed E-state index contributed by atoms with van der Waals surface area (Å²) in [6.45, 7) is -0.373. The summed E-state index contributed by atoms with van der Waals surface area (Å²) in [5.41, 5.74) is 0.703. The Bertz CT molecular complexity index is 566. The number of amides is 2. The molecule has 0 bridgehead atoms. The third-order valence-electron chi connectivity index (χ3n) is 2.75. The van der Waals surface area contributed by atoms with Gasteiger partial charge in [0.1, 0.15) is 0 Å². The second-order valence-corrected chi connectivity index (χ2v) is 4.20. The number of urea groups is 1. The number of hydrogen-bond donors (Lipinski definition) is 4. The van der Waals surface area contributed by atoms with E-state index in [2.05, 4.69) is 10.6 Å². The van der Waals surface area contributed by atoms with Crippen LogP contribution in [0, 0.1) is 0 Å². The monoisotopic (exact) mass is 260 g/mol. The first-order valence-electron chi connectivity index (χ1n) is 6.02. The van der Waals surface area contributed by atoms with Crippen LogP contribution in [0.15, 0.2) is 42.5 Å². The first-order chi connectivity index (χ1) is 9.20. The highest BCUT2D eigenvalue weighted by Crippen LogP contribution is 2.22. The Kier molecular flexibility index (Phi) is 4.33. The Hall–Kier alpha value is -2.11. The number of benzene rings is 2. The lowest BCUT2D eigenvalue weighted by molar-refractivity contribution is 0.0965. The van der Waals surface area contributed by atoms with Crippen molar-refractivity contribution in [1.29, 1.82) is 0 Å². The maximum atomic E-state index is 11.7. The minimum absolute atomic E-state index is 0.00704. The van der Waals surface area contributed by atoms with Crippen LogP contribution in [0.2, 0.25) is 0 Å². The quantitative estimate of drug-likeness (QED) is 0.669. The fourth-order valence-electron chi connectivity index (χ4n) is 1.78. The predicted molar refractivity (Wildman–Crippen MR) is 74.1 cm³/mol. The molecule has 19 heavy (non-hydrogen) atoms. The van der Waals surface area contributed by atoms with Gasteiger partial charge in [-0.15, -0.1) is 0 Å². The minimum atomic E-state index is -0.946. The van der Waals surface area contributed by atoms with Crippen LogP contribution in [-0.4, -0.2) is 35.5 Å². The molecule has 0 unspecified atom stereocenters. The largest absolute Gasteiger partial charge is 0.394 e. The molecule has 0 saturated carbocycles. The van der Waals surface area contributed by atoms with Crippen molar-refractivity contribution in [1.82, 2.24) is 5.32 Å². The summed E-state index contributed by atoms with van der Waals surface area (Å²) < 4.78 is 0. The van der Waals surface area contributed by atoms with E-state index in [9.17, 15) is 4.79 Å². The van der Waals surface area contributed by atoms with Gasteiger partial charge in [-0.25, -0.2) is 4.79 Å². The van der Waals surface area contributed by atoms with Crippen LogP contribution in [-0.2, 0) is 0 Å². The fraction of sp³-hybridized carbons (Fsp3) is 0.214.